The van der Waals surface area contributed by atoms with E-state index in [-0.39, 0.29) is 17.8 Å². The third kappa shape index (κ3) is 6.44. The summed E-state index contributed by atoms with van der Waals surface area (Å²) in [6.07, 6.45) is 2.18. The van der Waals surface area contributed by atoms with Crippen molar-refractivity contribution in [2.75, 3.05) is 23.0 Å². The van der Waals surface area contributed by atoms with E-state index in [0.29, 0.717) is 34.0 Å². The Bertz CT molecular complexity index is 1160. The lowest BCUT2D eigenvalue weighted by molar-refractivity contribution is -0.113. The van der Waals surface area contributed by atoms with E-state index >= 15 is 0 Å². The third-order valence-electron chi connectivity index (χ3n) is 5.56. The number of anilines is 2. The van der Waals surface area contributed by atoms with Crippen molar-refractivity contribution in [1.82, 2.24) is 14.8 Å². The molecule has 180 valence electrons. The lowest BCUT2D eigenvalue weighted by Gasteiger charge is -2.16. The van der Waals surface area contributed by atoms with E-state index in [9.17, 15) is 4.79 Å². The van der Waals surface area contributed by atoms with Gasteiger partial charge < -0.3 is 19.9 Å². The standard InChI is InChI=1S/C24H27Cl2N5O2S/c1-15-5-8-21(16(2)10-15)27-12-22-29-30-24(31(22)13-18-4-3-9-33-18)34-14-23(32)28-17-6-7-19(25)20(26)11-17/h5-8,10-11,18,27H,3-4,9,12-14H2,1-2H3,(H,28,32)/t18-/m0/s1. The zero-order chi connectivity index (χ0) is 24.1. The summed E-state index contributed by atoms with van der Waals surface area (Å²) in [5.74, 6) is 0.835. The molecular formula is C24H27Cl2N5O2S. The molecule has 0 unspecified atom stereocenters. The lowest BCUT2D eigenvalue weighted by atomic mass is 10.1. The molecule has 1 atom stereocenters. The molecule has 2 aromatic carbocycles. The quantitative estimate of drug-likeness (QED) is 0.351. The molecule has 3 aromatic rings. The van der Waals surface area contributed by atoms with Gasteiger partial charge in [0.1, 0.15) is 0 Å². The predicted molar refractivity (Wildman–Crippen MR) is 138 cm³/mol. The number of carbonyl (C=O) groups excluding carboxylic acids is 1. The second-order valence-electron chi connectivity index (χ2n) is 8.28. The van der Waals surface area contributed by atoms with E-state index in [1.165, 1.54) is 22.9 Å². The van der Waals surface area contributed by atoms with Crippen LogP contribution < -0.4 is 10.6 Å². The second-order valence-corrected chi connectivity index (χ2v) is 10.0. The zero-order valence-corrected chi connectivity index (χ0v) is 21.4. The number of amides is 1. The fourth-order valence-corrected chi connectivity index (χ4v) is 4.88. The monoisotopic (exact) mass is 519 g/mol. The minimum absolute atomic E-state index is 0.125. The first-order chi connectivity index (χ1) is 16.4. The number of carbonyl (C=O) groups is 1. The van der Waals surface area contributed by atoms with Crippen LogP contribution in [-0.2, 0) is 22.6 Å². The Morgan fingerprint density at radius 3 is 2.76 bits per heavy atom. The molecule has 1 aromatic heterocycles. The van der Waals surface area contributed by atoms with E-state index in [1.54, 1.807) is 18.2 Å². The molecule has 2 N–H and O–H groups in total. The van der Waals surface area contributed by atoms with Crippen LogP contribution in [-0.4, -0.2) is 39.1 Å². The fourth-order valence-electron chi connectivity index (χ4n) is 3.82. The van der Waals surface area contributed by atoms with Gasteiger partial charge in [0.15, 0.2) is 11.0 Å². The Hall–Kier alpha value is -2.26. The van der Waals surface area contributed by atoms with E-state index in [4.69, 9.17) is 27.9 Å². The highest BCUT2D eigenvalue weighted by atomic mass is 35.5. The summed E-state index contributed by atoms with van der Waals surface area (Å²) < 4.78 is 7.91. The first kappa shape index (κ1) is 24.9. The second kappa shape index (κ2) is 11.4. The Morgan fingerprint density at radius 2 is 2.03 bits per heavy atom. The number of aryl methyl sites for hydroxylation is 2. The summed E-state index contributed by atoms with van der Waals surface area (Å²) in [4.78, 5) is 12.5. The van der Waals surface area contributed by atoms with Gasteiger partial charge in [-0.2, -0.15) is 0 Å². The van der Waals surface area contributed by atoms with Gasteiger partial charge in [-0.05, 0) is 56.5 Å². The van der Waals surface area contributed by atoms with Crippen LogP contribution in [0.15, 0.2) is 41.6 Å². The van der Waals surface area contributed by atoms with E-state index in [1.807, 2.05) is 0 Å². The molecule has 1 aliphatic heterocycles. The number of aromatic nitrogens is 3. The topological polar surface area (TPSA) is 81.1 Å². The molecule has 0 radical (unpaired) electrons. The molecule has 34 heavy (non-hydrogen) atoms. The van der Waals surface area contributed by atoms with Crippen LogP contribution in [0.25, 0.3) is 0 Å². The molecule has 10 heteroatoms. The first-order valence-electron chi connectivity index (χ1n) is 11.1. The van der Waals surface area contributed by atoms with Crippen molar-refractivity contribution in [2.45, 2.75) is 51.0 Å². The van der Waals surface area contributed by atoms with Gasteiger partial charge in [0.2, 0.25) is 5.91 Å². The maximum atomic E-state index is 12.5. The molecule has 1 amide bonds. The number of hydrogen-bond donors (Lipinski definition) is 2. The first-order valence-corrected chi connectivity index (χ1v) is 12.9. The largest absolute Gasteiger partial charge is 0.378 e. The minimum Gasteiger partial charge on any atom is -0.378 e. The number of nitrogens with one attached hydrogen (secondary N) is 2. The highest BCUT2D eigenvalue weighted by Gasteiger charge is 2.21. The Balaban J connectivity index is 1.43. The third-order valence-corrected chi connectivity index (χ3v) is 7.26. The number of hydrogen-bond acceptors (Lipinski definition) is 6. The Morgan fingerprint density at radius 1 is 1.18 bits per heavy atom. The summed E-state index contributed by atoms with van der Waals surface area (Å²) in [5, 5.41) is 16.6. The average Bonchev–Trinajstić information content (AvgIpc) is 3.45. The number of nitrogens with zero attached hydrogens (tertiary/aromatic N) is 3. The molecule has 4 rings (SSSR count). The molecule has 1 aliphatic rings. The Labute approximate surface area is 213 Å². The molecule has 0 spiro atoms. The van der Waals surface area contributed by atoms with Crippen molar-refractivity contribution in [3.05, 3.63) is 63.4 Å². The van der Waals surface area contributed by atoms with Gasteiger partial charge in [-0.3, -0.25) is 4.79 Å². The molecule has 1 fully saturated rings. The predicted octanol–water partition coefficient (Wildman–Crippen LogP) is 5.72. The molecule has 0 saturated carbocycles. The highest BCUT2D eigenvalue weighted by Crippen LogP contribution is 2.26. The van der Waals surface area contributed by atoms with Crippen molar-refractivity contribution in [1.29, 1.82) is 0 Å². The molecule has 0 aliphatic carbocycles. The molecule has 7 nitrogen and oxygen atoms in total. The van der Waals surface area contributed by atoms with Crippen LogP contribution in [0, 0.1) is 13.8 Å². The number of ether oxygens (including phenoxy) is 1. The summed E-state index contributed by atoms with van der Waals surface area (Å²) in [6, 6.07) is 11.3. The number of thioether (sulfide) groups is 1. The maximum absolute atomic E-state index is 12.5. The van der Waals surface area contributed by atoms with Crippen molar-refractivity contribution < 1.29 is 9.53 Å². The summed E-state index contributed by atoms with van der Waals surface area (Å²) in [6.45, 7) is 6.13. The van der Waals surface area contributed by atoms with Gasteiger partial charge >= 0.3 is 0 Å². The van der Waals surface area contributed by atoms with Gasteiger partial charge in [0.25, 0.3) is 0 Å². The number of benzene rings is 2. The van der Waals surface area contributed by atoms with Crippen LogP contribution in [0.1, 0.15) is 29.8 Å². The smallest absolute Gasteiger partial charge is 0.234 e. The van der Waals surface area contributed by atoms with Gasteiger partial charge in [0.05, 0.1) is 35.0 Å². The molecule has 1 saturated heterocycles. The van der Waals surface area contributed by atoms with Crippen molar-refractivity contribution in [3.8, 4) is 0 Å². The van der Waals surface area contributed by atoms with Gasteiger partial charge in [0, 0.05) is 18.0 Å². The average molecular weight is 520 g/mol. The van der Waals surface area contributed by atoms with E-state index in [0.717, 1.165) is 31.0 Å². The van der Waals surface area contributed by atoms with Gasteiger partial charge in [-0.15, -0.1) is 10.2 Å². The van der Waals surface area contributed by atoms with Crippen LogP contribution >= 0.6 is 35.0 Å². The SMILES string of the molecule is Cc1ccc(NCc2nnc(SCC(=O)Nc3ccc(Cl)c(Cl)c3)n2C[C@@H]2CCCO2)c(C)c1. The number of rotatable bonds is 9. The normalized spacial score (nSPS) is 15.5. The fraction of sp³-hybridized carbons (Fsp3) is 0.375. The summed E-state index contributed by atoms with van der Waals surface area (Å²) in [5.41, 5.74) is 4.06. The lowest BCUT2D eigenvalue weighted by Crippen LogP contribution is -2.20. The van der Waals surface area contributed by atoms with Crippen LogP contribution in [0.4, 0.5) is 11.4 Å². The highest BCUT2D eigenvalue weighted by molar-refractivity contribution is 7.99. The number of halogens is 2. The molecular weight excluding hydrogens is 493 g/mol. The van der Waals surface area contributed by atoms with Crippen molar-refractivity contribution in [3.63, 3.8) is 0 Å². The zero-order valence-electron chi connectivity index (χ0n) is 19.1. The van der Waals surface area contributed by atoms with Crippen molar-refractivity contribution in [2.24, 2.45) is 0 Å². The van der Waals surface area contributed by atoms with Crippen LogP contribution in [0.2, 0.25) is 10.0 Å². The van der Waals surface area contributed by atoms with E-state index in [2.05, 4.69) is 57.4 Å². The Kier molecular flexibility index (Phi) is 8.37. The van der Waals surface area contributed by atoms with Gasteiger partial charge in [-0.25, -0.2) is 0 Å². The van der Waals surface area contributed by atoms with E-state index < -0.39 is 0 Å². The minimum atomic E-state index is -0.162. The van der Waals surface area contributed by atoms with Gasteiger partial charge in [-0.1, -0.05) is 52.7 Å². The maximum Gasteiger partial charge on any atom is 0.234 e. The van der Waals surface area contributed by atoms with Crippen LogP contribution in [0.3, 0.4) is 0 Å². The molecule has 2 heterocycles. The molecule has 0 bridgehead atoms. The summed E-state index contributed by atoms with van der Waals surface area (Å²) in [7, 11) is 0. The van der Waals surface area contributed by atoms with Crippen molar-refractivity contribution >= 4 is 52.2 Å². The van der Waals surface area contributed by atoms with Crippen LogP contribution in [0.5, 0.6) is 0 Å². The summed E-state index contributed by atoms with van der Waals surface area (Å²) >= 11 is 13.3.